The Hall–Kier alpha value is -1.38. The third-order valence-corrected chi connectivity index (χ3v) is 8.09. The van der Waals surface area contributed by atoms with Gasteiger partial charge in [0.05, 0.1) is 6.61 Å². The van der Waals surface area contributed by atoms with Crippen molar-refractivity contribution in [2.45, 2.75) is 96.6 Å². The van der Waals surface area contributed by atoms with Gasteiger partial charge in [-0.25, -0.2) is 4.39 Å². The van der Waals surface area contributed by atoms with E-state index >= 15 is 0 Å². The number of carbonyl (C=O) groups excluding carboxylic acids is 1. The van der Waals surface area contributed by atoms with Crippen molar-refractivity contribution in [3.8, 4) is 5.75 Å². The molecule has 1 aromatic rings. The maximum Gasteiger partial charge on any atom is 0.139 e. The quantitative estimate of drug-likeness (QED) is 0.471. The van der Waals surface area contributed by atoms with Gasteiger partial charge in [0.2, 0.25) is 0 Å². The number of alkyl halides is 1. The Morgan fingerprint density at radius 3 is 2.76 bits per heavy atom. The molecule has 4 rings (SSSR count). The van der Waals surface area contributed by atoms with E-state index in [1.54, 1.807) is 13.8 Å². The summed E-state index contributed by atoms with van der Waals surface area (Å²) in [7, 11) is 0. The zero-order chi connectivity index (χ0) is 20.6. The predicted molar refractivity (Wildman–Crippen MR) is 115 cm³/mol. The number of aryl methyl sites for hydroxylation is 1. The molecule has 0 unspecified atom stereocenters. The Bertz CT molecular complexity index is 750. The van der Waals surface area contributed by atoms with E-state index in [2.05, 4.69) is 25.1 Å². The van der Waals surface area contributed by atoms with E-state index in [1.165, 1.54) is 17.5 Å². The first kappa shape index (κ1) is 20.9. The van der Waals surface area contributed by atoms with E-state index in [1.807, 2.05) is 0 Å². The summed E-state index contributed by atoms with van der Waals surface area (Å²) in [4.78, 5) is 12.5. The van der Waals surface area contributed by atoms with Crippen LogP contribution >= 0.6 is 0 Å². The van der Waals surface area contributed by atoms with E-state index in [9.17, 15) is 9.18 Å². The van der Waals surface area contributed by atoms with E-state index in [0.29, 0.717) is 36.6 Å². The number of hydrogen-bond acceptors (Lipinski definition) is 2. The maximum absolute atomic E-state index is 13.5. The van der Waals surface area contributed by atoms with Crippen molar-refractivity contribution in [3.05, 3.63) is 29.3 Å². The highest BCUT2D eigenvalue weighted by Crippen LogP contribution is 2.59. The van der Waals surface area contributed by atoms with Crippen molar-refractivity contribution in [2.24, 2.45) is 17.3 Å². The summed E-state index contributed by atoms with van der Waals surface area (Å²) >= 11 is 0. The number of carbonyl (C=O) groups is 1. The molecule has 0 radical (unpaired) electrons. The molecule has 0 saturated heterocycles. The smallest absolute Gasteiger partial charge is 0.139 e. The van der Waals surface area contributed by atoms with Crippen LogP contribution in [0.25, 0.3) is 0 Å². The molecule has 3 aliphatic carbocycles. The van der Waals surface area contributed by atoms with Crippen molar-refractivity contribution in [2.75, 3.05) is 6.61 Å². The zero-order valence-corrected chi connectivity index (χ0v) is 18.4. The molecule has 2 saturated carbocycles. The largest absolute Gasteiger partial charge is 0.494 e. The van der Waals surface area contributed by atoms with Gasteiger partial charge in [-0.2, -0.15) is 0 Å². The lowest BCUT2D eigenvalue weighted by molar-refractivity contribution is -0.129. The second-order valence-electron chi connectivity index (χ2n) is 10.6. The second-order valence-corrected chi connectivity index (χ2v) is 10.6. The Morgan fingerprint density at radius 1 is 1.14 bits per heavy atom. The summed E-state index contributed by atoms with van der Waals surface area (Å²) < 4.78 is 19.5. The highest BCUT2D eigenvalue weighted by Gasteiger charge is 2.54. The molecule has 0 heterocycles. The lowest BCUT2D eigenvalue weighted by atomic mass is 9.55. The van der Waals surface area contributed by atoms with Gasteiger partial charge in [0.1, 0.15) is 17.2 Å². The fourth-order valence-corrected chi connectivity index (χ4v) is 6.43. The Morgan fingerprint density at radius 2 is 1.97 bits per heavy atom. The van der Waals surface area contributed by atoms with Crippen LogP contribution < -0.4 is 4.74 Å². The molecule has 3 aliphatic rings. The van der Waals surface area contributed by atoms with Gasteiger partial charge in [0.25, 0.3) is 0 Å². The number of ether oxygens (including phenoxy) is 1. The van der Waals surface area contributed by atoms with Crippen molar-refractivity contribution in [1.82, 2.24) is 0 Å². The van der Waals surface area contributed by atoms with E-state index in [4.69, 9.17) is 4.74 Å². The van der Waals surface area contributed by atoms with Crippen molar-refractivity contribution < 1.29 is 13.9 Å². The van der Waals surface area contributed by atoms with E-state index in [0.717, 1.165) is 57.1 Å². The van der Waals surface area contributed by atoms with Crippen molar-refractivity contribution in [1.29, 1.82) is 0 Å². The van der Waals surface area contributed by atoms with Crippen molar-refractivity contribution in [3.63, 3.8) is 0 Å². The fourth-order valence-electron chi connectivity index (χ4n) is 6.43. The highest BCUT2D eigenvalue weighted by atomic mass is 19.1. The molecular formula is C26H37FO2. The van der Waals surface area contributed by atoms with Crippen molar-refractivity contribution >= 4 is 5.78 Å². The molecule has 0 N–H and O–H groups in total. The number of fused-ring (bicyclic) bond motifs is 5. The Labute approximate surface area is 175 Å². The lowest BCUT2D eigenvalue weighted by Crippen LogP contribution is -2.42. The number of ketones is 1. The highest BCUT2D eigenvalue weighted by molar-refractivity contribution is 5.87. The van der Waals surface area contributed by atoms with Gasteiger partial charge >= 0.3 is 0 Å². The third-order valence-electron chi connectivity index (χ3n) is 8.09. The van der Waals surface area contributed by atoms with Crippen LogP contribution in [0, 0.1) is 17.3 Å². The van der Waals surface area contributed by atoms with Gasteiger partial charge in [-0.05, 0) is 106 Å². The second kappa shape index (κ2) is 8.04. The van der Waals surface area contributed by atoms with Gasteiger partial charge in [-0.3, -0.25) is 4.79 Å². The third kappa shape index (κ3) is 4.25. The molecule has 4 atom stereocenters. The molecule has 3 heteroatoms. The Kier molecular flexibility index (Phi) is 5.79. The zero-order valence-electron chi connectivity index (χ0n) is 18.4. The lowest BCUT2D eigenvalue weighted by Gasteiger charge is -2.48. The molecule has 1 aromatic carbocycles. The average Bonchev–Trinajstić information content (AvgIpc) is 2.98. The monoisotopic (exact) mass is 400 g/mol. The number of Topliss-reactive ketones (excluding diaryl/α,β-unsaturated/α-hetero) is 1. The average molecular weight is 401 g/mol. The summed E-state index contributed by atoms with van der Waals surface area (Å²) in [6.07, 6.45) is 9.98. The molecule has 160 valence electrons. The standard InChI is InChI=1S/C26H37FO2/c1-25(2,27)14-5-4-6-16-29-19-8-10-20-18(17-19)7-9-22-21(20)13-15-26(3)23(22)11-12-24(26)28/h8,10,17,21-23H,4-7,9,11-16H2,1-3H3/t21-,22-,23+,26+/m1/s1. The summed E-state index contributed by atoms with van der Waals surface area (Å²) in [6.45, 7) is 6.25. The van der Waals surface area contributed by atoms with Crippen LogP contribution in [-0.4, -0.2) is 18.1 Å². The minimum absolute atomic E-state index is 0.0426. The van der Waals surface area contributed by atoms with E-state index in [-0.39, 0.29) is 5.41 Å². The summed E-state index contributed by atoms with van der Waals surface area (Å²) in [5.74, 6) is 3.39. The van der Waals surface area contributed by atoms with Gasteiger partial charge in [0, 0.05) is 11.8 Å². The van der Waals surface area contributed by atoms with Crippen LogP contribution in [0.4, 0.5) is 4.39 Å². The number of halogens is 1. The summed E-state index contributed by atoms with van der Waals surface area (Å²) in [5, 5.41) is 0. The SMILES string of the molecule is CC(C)(F)CCCCCOc1ccc2c(c1)CC[C@@H]1[C@@H]2CC[C@]2(C)C(=O)CC[C@@H]12. The first-order chi connectivity index (χ1) is 13.8. The summed E-state index contributed by atoms with van der Waals surface area (Å²) in [6, 6.07) is 6.69. The van der Waals surface area contributed by atoms with Crippen LogP contribution in [0.2, 0.25) is 0 Å². The number of unbranched alkanes of at least 4 members (excludes halogenated alkanes) is 2. The number of benzene rings is 1. The van der Waals surface area contributed by atoms with Gasteiger partial charge < -0.3 is 4.74 Å². The van der Waals surface area contributed by atoms with Crippen LogP contribution in [-0.2, 0) is 11.2 Å². The first-order valence-corrected chi connectivity index (χ1v) is 11.8. The predicted octanol–water partition coefficient (Wildman–Crippen LogP) is 6.80. The normalized spacial score (nSPS) is 31.2. The van der Waals surface area contributed by atoms with Gasteiger partial charge in [-0.15, -0.1) is 0 Å². The van der Waals surface area contributed by atoms with Crippen LogP contribution in [0.15, 0.2) is 18.2 Å². The summed E-state index contributed by atoms with van der Waals surface area (Å²) in [5.41, 5.74) is 1.87. The molecule has 2 nitrogen and oxygen atoms in total. The minimum atomic E-state index is -1.06. The molecule has 0 aliphatic heterocycles. The molecule has 0 bridgehead atoms. The van der Waals surface area contributed by atoms with Crippen LogP contribution in [0.1, 0.15) is 95.6 Å². The van der Waals surface area contributed by atoms with E-state index < -0.39 is 5.67 Å². The molecule has 0 amide bonds. The topological polar surface area (TPSA) is 26.3 Å². The van der Waals surface area contributed by atoms with Gasteiger partial charge in [0.15, 0.2) is 0 Å². The Balaban J connectivity index is 1.34. The number of rotatable bonds is 7. The number of hydrogen-bond donors (Lipinski definition) is 0. The molecular weight excluding hydrogens is 363 g/mol. The molecule has 0 aromatic heterocycles. The first-order valence-electron chi connectivity index (χ1n) is 11.8. The molecule has 29 heavy (non-hydrogen) atoms. The maximum atomic E-state index is 13.5. The van der Waals surface area contributed by atoms with Crippen LogP contribution in [0.3, 0.4) is 0 Å². The molecule has 2 fully saturated rings. The fraction of sp³-hybridized carbons (Fsp3) is 0.731. The molecule has 0 spiro atoms. The minimum Gasteiger partial charge on any atom is -0.494 e. The van der Waals surface area contributed by atoms with Gasteiger partial charge in [-0.1, -0.05) is 19.4 Å². The van der Waals surface area contributed by atoms with Crippen LogP contribution in [0.5, 0.6) is 5.75 Å².